The molecular weight excluding hydrogens is 319 g/mol. The van der Waals surface area contributed by atoms with Gasteiger partial charge in [0.1, 0.15) is 0 Å². The molecule has 0 unspecified atom stereocenters. The van der Waals surface area contributed by atoms with Gasteiger partial charge in [0.15, 0.2) is 0 Å². The second-order valence-corrected chi connectivity index (χ2v) is 6.14. The highest BCUT2D eigenvalue weighted by atomic mass is 35.5. The summed E-state index contributed by atoms with van der Waals surface area (Å²) in [7, 11) is 0. The lowest BCUT2D eigenvalue weighted by molar-refractivity contribution is -0.131. The molecule has 0 saturated carbocycles. The van der Waals surface area contributed by atoms with Crippen LogP contribution in [0.2, 0.25) is 5.02 Å². The van der Waals surface area contributed by atoms with E-state index in [-0.39, 0.29) is 5.91 Å². The number of halogens is 2. The summed E-state index contributed by atoms with van der Waals surface area (Å²) in [5, 5.41) is 0.724. The van der Waals surface area contributed by atoms with E-state index < -0.39 is 0 Å². The van der Waals surface area contributed by atoms with Crippen LogP contribution in [0.3, 0.4) is 0 Å². The fraction of sp³-hybridized carbons (Fsp3) is 0.471. The van der Waals surface area contributed by atoms with Crippen molar-refractivity contribution >= 4 is 29.1 Å². The summed E-state index contributed by atoms with van der Waals surface area (Å²) in [6.45, 7) is 5.90. The smallest absolute Gasteiger partial charge is 0.246 e. The second kappa shape index (κ2) is 7.89. The number of nitrogens with zero attached hydrogens (tertiary/aromatic N) is 2. The molecular formula is C17H22Cl2N2O. The molecule has 0 N–H and O–H groups in total. The van der Waals surface area contributed by atoms with Gasteiger partial charge in [0, 0.05) is 35.4 Å². The molecule has 0 saturated heterocycles. The zero-order chi connectivity index (χ0) is 16.1. The molecule has 1 aliphatic heterocycles. The van der Waals surface area contributed by atoms with E-state index in [1.54, 1.807) is 0 Å². The van der Waals surface area contributed by atoms with E-state index in [0.29, 0.717) is 25.5 Å². The second-order valence-electron chi connectivity index (χ2n) is 5.32. The monoisotopic (exact) mass is 340 g/mol. The summed E-state index contributed by atoms with van der Waals surface area (Å²) in [5.74, 6) is 0.581. The van der Waals surface area contributed by atoms with Gasteiger partial charge in [-0.15, -0.1) is 11.6 Å². The van der Waals surface area contributed by atoms with E-state index >= 15 is 0 Å². The van der Waals surface area contributed by atoms with Crippen molar-refractivity contribution in [2.75, 3.05) is 19.0 Å². The minimum Gasteiger partial charge on any atom is -0.360 e. The molecule has 0 aliphatic carbocycles. The molecule has 5 heteroatoms. The minimum absolute atomic E-state index is 0.122. The highest BCUT2D eigenvalue weighted by Crippen LogP contribution is 2.27. The Balaban J connectivity index is 2.31. The van der Waals surface area contributed by atoms with Gasteiger partial charge >= 0.3 is 0 Å². The van der Waals surface area contributed by atoms with Crippen LogP contribution < -0.4 is 0 Å². The maximum atomic E-state index is 12.4. The van der Waals surface area contributed by atoms with Gasteiger partial charge in [-0.25, -0.2) is 0 Å². The molecule has 0 aromatic heterocycles. The van der Waals surface area contributed by atoms with Gasteiger partial charge in [-0.3, -0.25) is 4.79 Å². The van der Waals surface area contributed by atoms with Crippen LogP contribution in [0.5, 0.6) is 0 Å². The average Bonchev–Trinajstić information content (AvgIpc) is 2.49. The Hall–Kier alpha value is -1.19. The Morgan fingerprint density at radius 2 is 1.91 bits per heavy atom. The van der Waals surface area contributed by atoms with E-state index in [1.807, 2.05) is 29.2 Å². The van der Waals surface area contributed by atoms with E-state index in [0.717, 1.165) is 29.1 Å². The number of hydrogen-bond acceptors (Lipinski definition) is 2. The van der Waals surface area contributed by atoms with E-state index in [4.69, 9.17) is 23.2 Å². The molecule has 0 atom stereocenters. The maximum absolute atomic E-state index is 12.4. The van der Waals surface area contributed by atoms with Crippen molar-refractivity contribution in [3.05, 3.63) is 46.2 Å². The van der Waals surface area contributed by atoms with Crippen LogP contribution in [0.4, 0.5) is 0 Å². The SMILES string of the molecule is CCC1=C(CC)N(CCCl)C(=O)CN1Cc1cccc(Cl)c1. The van der Waals surface area contributed by atoms with Gasteiger partial charge in [-0.2, -0.15) is 0 Å². The first-order valence-electron chi connectivity index (χ1n) is 7.68. The molecule has 0 radical (unpaired) electrons. The molecule has 0 spiro atoms. The summed E-state index contributed by atoms with van der Waals surface area (Å²) >= 11 is 11.9. The first-order chi connectivity index (χ1) is 10.6. The van der Waals surface area contributed by atoms with Crippen molar-refractivity contribution in [1.29, 1.82) is 0 Å². The van der Waals surface area contributed by atoms with E-state index in [9.17, 15) is 4.79 Å². The predicted molar refractivity (Wildman–Crippen MR) is 91.9 cm³/mol. The van der Waals surface area contributed by atoms with Crippen molar-refractivity contribution in [3.8, 4) is 0 Å². The first-order valence-corrected chi connectivity index (χ1v) is 8.59. The number of rotatable bonds is 6. The van der Waals surface area contributed by atoms with Crippen LogP contribution in [-0.4, -0.2) is 34.7 Å². The van der Waals surface area contributed by atoms with Gasteiger partial charge < -0.3 is 9.80 Å². The Bertz CT molecular complexity index is 572. The average molecular weight is 341 g/mol. The van der Waals surface area contributed by atoms with Crippen molar-refractivity contribution in [2.45, 2.75) is 33.2 Å². The summed E-state index contributed by atoms with van der Waals surface area (Å²) in [5.41, 5.74) is 3.45. The number of amides is 1. The highest BCUT2D eigenvalue weighted by molar-refractivity contribution is 6.30. The van der Waals surface area contributed by atoms with Crippen LogP contribution in [0.15, 0.2) is 35.7 Å². The summed E-state index contributed by atoms with van der Waals surface area (Å²) in [6.07, 6.45) is 1.73. The molecule has 1 amide bonds. The highest BCUT2D eigenvalue weighted by Gasteiger charge is 2.29. The van der Waals surface area contributed by atoms with Gasteiger partial charge in [-0.05, 0) is 30.5 Å². The van der Waals surface area contributed by atoms with Gasteiger partial charge in [0.2, 0.25) is 5.91 Å². The molecule has 0 bridgehead atoms. The number of alkyl halides is 1. The molecule has 22 heavy (non-hydrogen) atoms. The Morgan fingerprint density at radius 3 is 2.50 bits per heavy atom. The third kappa shape index (κ3) is 3.76. The largest absolute Gasteiger partial charge is 0.360 e. The summed E-state index contributed by atoms with van der Waals surface area (Å²) in [6, 6.07) is 7.80. The molecule has 120 valence electrons. The molecule has 1 aromatic rings. The van der Waals surface area contributed by atoms with E-state index in [2.05, 4.69) is 18.7 Å². The number of carbonyl (C=O) groups excluding carboxylic acids is 1. The lowest BCUT2D eigenvalue weighted by atomic mass is 10.1. The normalized spacial score (nSPS) is 15.7. The lowest BCUT2D eigenvalue weighted by Crippen LogP contribution is -2.46. The van der Waals surface area contributed by atoms with E-state index in [1.165, 1.54) is 5.70 Å². The quantitative estimate of drug-likeness (QED) is 0.722. The zero-order valence-corrected chi connectivity index (χ0v) is 14.6. The topological polar surface area (TPSA) is 23.6 Å². The molecule has 1 heterocycles. The van der Waals surface area contributed by atoms with Crippen molar-refractivity contribution in [3.63, 3.8) is 0 Å². The Labute approximate surface area is 142 Å². The van der Waals surface area contributed by atoms with Crippen LogP contribution in [0, 0.1) is 0 Å². The summed E-state index contributed by atoms with van der Waals surface area (Å²) < 4.78 is 0. The number of benzene rings is 1. The third-order valence-corrected chi connectivity index (χ3v) is 4.31. The van der Waals surface area contributed by atoms with Crippen molar-refractivity contribution in [1.82, 2.24) is 9.80 Å². The number of hydrogen-bond donors (Lipinski definition) is 0. The van der Waals surface area contributed by atoms with Gasteiger partial charge in [-0.1, -0.05) is 37.6 Å². The molecule has 1 aliphatic rings. The first kappa shape index (κ1) is 17.2. The molecule has 1 aromatic carbocycles. The predicted octanol–water partition coefficient (Wildman–Crippen LogP) is 4.25. The van der Waals surface area contributed by atoms with Crippen LogP contribution in [0.1, 0.15) is 32.3 Å². The fourth-order valence-electron chi connectivity index (χ4n) is 3.01. The van der Waals surface area contributed by atoms with Crippen molar-refractivity contribution < 1.29 is 4.79 Å². The lowest BCUT2D eigenvalue weighted by Gasteiger charge is -2.39. The number of carbonyl (C=O) groups is 1. The number of allylic oxidation sites excluding steroid dienone is 2. The van der Waals surface area contributed by atoms with Gasteiger partial charge in [0.25, 0.3) is 0 Å². The third-order valence-electron chi connectivity index (χ3n) is 3.91. The zero-order valence-electron chi connectivity index (χ0n) is 13.1. The fourth-order valence-corrected chi connectivity index (χ4v) is 3.39. The van der Waals surface area contributed by atoms with Crippen LogP contribution in [-0.2, 0) is 11.3 Å². The molecule has 2 rings (SSSR count). The van der Waals surface area contributed by atoms with Crippen LogP contribution >= 0.6 is 23.2 Å². The maximum Gasteiger partial charge on any atom is 0.246 e. The summed E-state index contributed by atoms with van der Waals surface area (Å²) in [4.78, 5) is 16.5. The van der Waals surface area contributed by atoms with Crippen molar-refractivity contribution in [2.24, 2.45) is 0 Å². The molecule has 0 fully saturated rings. The Morgan fingerprint density at radius 1 is 1.18 bits per heavy atom. The van der Waals surface area contributed by atoms with Crippen LogP contribution in [0.25, 0.3) is 0 Å². The minimum atomic E-state index is 0.122. The Kier molecular flexibility index (Phi) is 6.16. The van der Waals surface area contributed by atoms with Gasteiger partial charge in [0.05, 0.1) is 6.54 Å². The molecule has 3 nitrogen and oxygen atoms in total. The standard InChI is InChI=1S/C17H22Cl2N2O/c1-3-15-16(4-2)21(9-8-18)17(22)12-20(15)11-13-6-5-7-14(19)10-13/h5-7,10H,3-4,8-9,11-12H2,1-2H3.